The van der Waals surface area contributed by atoms with E-state index in [2.05, 4.69) is 10.6 Å². The molecule has 0 spiro atoms. The number of carbonyl (C=O) groups is 3. The van der Waals surface area contributed by atoms with Crippen LogP contribution in [0.25, 0.3) is 0 Å². The van der Waals surface area contributed by atoms with Crippen molar-refractivity contribution >= 4 is 67.2 Å². The van der Waals surface area contributed by atoms with Crippen LogP contribution in [0.15, 0.2) is 59.5 Å². The molecule has 10 nitrogen and oxygen atoms in total. The van der Waals surface area contributed by atoms with E-state index < -0.39 is 21.9 Å². The van der Waals surface area contributed by atoms with Gasteiger partial charge in [0.25, 0.3) is 21.8 Å². The molecule has 0 unspecified atom stereocenters. The van der Waals surface area contributed by atoms with Gasteiger partial charge in [-0.15, -0.1) is 11.3 Å². The molecule has 206 valence electrons. The second-order valence-corrected chi connectivity index (χ2v) is 11.2. The van der Waals surface area contributed by atoms with E-state index in [0.717, 1.165) is 11.3 Å². The summed E-state index contributed by atoms with van der Waals surface area (Å²) < 4.78 is 32.2. The number of sulfonamides is 1. The molecule has 1 aromatic heterocycles. The Morgan fingerprint density at radius 1 is 0.974 bits per heavy atom. The second kappa shape index (κ2) is 12.8. The van der Waals surface area contributed by atoms with Crippen molar-refractivity contribution in [3.8, 4) is 0 Å². The maximum absolute atomic E-state index is 13.0. The molecule has 13 heteroatoms. The number of thiocarbonyl (C=S) groups is 1. The highest BCUT2D eigenvalue weighted by molar-refractivity contribution is 7.90. The van der Waals surface area contributed by atoms with Crippen molar-refractivity contribution in [3.05, 3.63) is 76.2 Å². The predicted octanol–water partition coefficient (Wildman–Crippen LogP) is 4.25. The van der Waals surface area contributed by atoms with Gasteiger partial charge in [0.05, 0.1) is 22.4 Å². The number of rotatable bonds is 9. The number of hydrogen-bond acceptors (Lipinski definition) is 8. The zero-order valence-electron chi connectivity index (χ0n) is 21.7. The third-order valence-corrected chi connectivity index (χ3v) is 8.44. The quantitative estimate of drug-likeness (QED) is 0.248. The van der Waals surface area contributed by atoms with Gasteiger partial charge in [0.2, 0.25) is 0 Å². The molecule has 39 heavy (non-hydrogen) atoms. The monoisotopic (exact) mass is 588 g/mol. The van der Waals surface area contributed by atoms with Crippen LogP contribution in [0.2, 0.25) is 0 Å². The van der Waals surface area contributed by atoms with Crippen LogP contribution in [0.4, 0.5) is 10.7 Å². The molecule has 0 saturated carbocycles. The number of carbonyl (C=O) groups excluding carboxylic acids is 3. The number of esters is 1. The van der Waals surface area contributed by atoms with Gasteiger partial charge >= 0.3 is 5.97 Å². The third-order valence-electron chi connectivity index (χ3n) is 5.69. The number of ether oxygens (including phenoxy) is 1. The summed E-state index contributed by atoms with van der Waals surface area (Å²) in [5.41, 5.74) is 1.36. The van der Waals surface area contributed by atoms with Gasteiger partial charge in [-0.1, -0.05) is 18.2 Å². The molecule has 0 saturated heterocycles. The van der Waals surface area contributed by atoms with E-state index in [1.165, 1.54) is 43.5 Å². The first-order valence-corrected chi connectivity index (χ1v) is 14.5. The molecule has 3 N–H and O–H groups in total. The first-order chi connectivity index (χ1) is 18.5. The molecule has 0 aliphatic rings. The lowest BCUT2D eigenvalue weighted by Crippen LogP contribution is -2.30. The summed E-state index contributed by atoms with van der Waals surface area (Å²) in [5.74, 6) is -1.55. The van der Waals surface area contributed by atoms with E-state index >= 15 is 0 Å². The Bertz CT molecular complexity index is 1480. The maximum Gasteiger partial charge on any atom is 0.341 e. The van der Waals surface area contributed by atoms with Gasteiger partial charge in [-0.05, 0) is 75.0 Å². The molecule has 3 rings (SSSR count). The number of nitrogens with one attached hydrogen (secondary N) is 3. The molecule has 0 bridgehead atoms. The van der Waals surface area contributed by atoms with E-state index in [0.29, 0.717) is 34.2 Å². The number of anilines is 2. The molecular formula is C26H28N4O6S3. The van der Waals surface area contributed by atoms with E-state index in [9.17, 15) is 22.8 Å². The zero-order chi connectivity index (χ0) is 28.7. The van der Waals surface area contributed by atoms with Gasteiger partial charge in [0.1, 0.15) is 5.00 Å². The van der Waals surface area contributed by atoms with Gasteiger partial charge in [-0.2, -0.15) is 0 Å². The summed E-state index contributed by atoms with van der Waals surface area (Å²) in [6, 6.07) is 13.6. The molecule has 0 radical (unpaired) electrons. The minimum atomic E-state index is -4.10. The number of benzene rings is 2. The van der Waals surface area contributed by atoms with Crippen LogP contribution in [-0.2, 0) is 14.8 Å². The lowest BCUT2D eigenvalue weighted by molar-refractivity contribution is 0.0601. The highest BCUT2D eigenvalue weighted by atomic mass is 32.2. The van der Waals surface area contributed by atoms with Crippen molar-refractivity contribution in [1.82, 2.24) is 9.62 Å². The molecular weight excluding hydrogens is 561 g/mol. The molecule has 2 amide bonds. The topological polar surface area (TPSA) is 134 Å². The van der Waals surface area contributed by atoms with Crippen LogP contribution in [0.1, 0.15) is 49.8 Å². The molecule has 0 atom stereocenters. The second-order valence-electron chi connectivity index (χ2n) is 8.13. The van der Waals surface area contributed by atoms with Crippen LogP contribution in [0.5, 0.6) is 0 Å². The summed E-state index contributed by atoms with van der Waals surface area (Å²) in [5, 5.41) is 6.32. The summed E-state index contributed by atoms with van der Waals surface area (Å²) in [6.45, 7) is 6.46. The number of thiophene rings is 1. The van der Waals surface area contributed by atoms with Crippen molar-refractivity contribution in [1.29, 1.82) is 0 Å². The van der Waals surface area contributed by atoms with Crippen LogP contribution in [0.3, 0.4) is 0 Å². The fraction of sp³-hybridized carbons (Fsp3) is 0.231. The number of hydrogen-bond donors (Lipinski definition) is 3. The largest absolute Gasteiger partial charge is 0.465 e. The summed E-state index contributed by atoms with van der Waals surface area (Å²) >= 11 is 6.49. The van der Waals surface area contributed by atoms with Crippen LogP contribution < -0.4 is 15.4 Å². The summed E-state index contributed by atoms with van der Waals surface area (Å²) in [4.78, 5) is 39.7. The Kier molecular flexibility index (Phi) is 9.78. The summed E-state index contributed by atoms with van der Waals surface area (Å²) in [7, 11) is -2.85. The van der Waals surface area contributed by atoms with Crippen LogP contribution in [0, 0.1) is 6.92 Å². The lowest BCUT2D eigenvalue weighted by Gasteiger charge is -2.18. The zero-order valence-corrected chi connectivity index (χ0v) is 24.2. The van der Waals surface area contributed by atoms with Gasteiger partial charge in [-0.25, -0.2) is 17.9 Å². The van der Waals surface area contributed by atoms with Gasteiger partial charge < -0.3 is 20.3 Å². The Morgan fingerprint density at radius 3 is 2.15 bits per heavy atom. The van der Waals surface area contributed by atoms with Gasteiger partial charge in [0, 0.05) is 24.3 Å². The van der Waals surface area contributed by atoms with Crippen LogP contribution in [-0.4, -0.2) is 56.4 Å². The number of amides is 2. The van der Waals surface area contributed by atoms with E-state index in [1.807, 2.05) is 18.6 Å². The smallest absolute Gasteiger partial charge is 0.341 e. The number of nitrogens with zero attached hydrogens (tertiary/aromatic N) is 1. The van der Waals surface area contributed by atoms with Gasteiger partial charge in [0.15, 0.2) is 5.11 Å². The average Bonchev–Trinajstić information content (AvgIpc) is 3.24. The highest BCUT2D eigenvalue weighted by Crippen LogP contribution is 2.34. The van der Waals surface area contributed by atoms with Crippen molar-refractivity contribution in [2.45, 2.75) is 25.7 Å². The van der Waals surface area contributed by atoms with E-state index in [1.54, 1.807) is 30.0 Å². The molecule has 0 fully saturated rings. The fourth-order valence-corrected chi connectivity index (χ4v) is 6.05. The van der Waals surface area contributed by atoms with Gasteiger partial charge in [-0.3, -0.25) is 9.59 Å². The van der Waals surface area contributed by atoms with E-state index in [4.69, 9.17) is 17.0 Å². The lowest BCUT2D eigenvalue weighted by atomic mass is 10.1. The van der Waals surface area contributed by atoms with Crippen LogP contribution >= 0.6 is 23.6 Å². The molecule has 0 aliphatic heterocycles. The minimum absolute atomic E-state index is 0.108. The fourth-order valence-electron chi connectivity index (χ4n) is 3.62. The maximum atomic E-state index is 13.0. The van der Waals surface area contributed by atoms with E-state index in [-0.39, 0.29) is 27.0 Å². The summed E-state index contributed by atoms with van der Waals surface area (Å²) in [6.07, 6.45) is 0. The SMILES string of the molecule is CCN(CC)C(=O)c1sc(NC(=S)Nc2ccc(S(=O)(=O)NC(=O)c3ccccc3)cc2)c(C(=O)OC)c1C. The van der Waals surface area contributed by atoms with Crippen molar-refractivity contribution in [2.24, 2.45) is 0 Å². The number of methoxy groups -OCH3 is 1. The molecule has 3 aromatic rings. The Morgan fingerprint density at radius 2 is 1.59 bits per heavy atom. The van der Waals surface area contributed by atoms with Crippen molar-refractivity contribution < 1.29 is 27.5 Å². The Balaban J connectivity index is 1.75. The minimum Gasteiger partial charge on any atom is -0.465 e. The van der Waals surface area contributed by atoms with Crippen molar-refractivity contribution in [2.75, 3.05) is 30.8 Å². The Hall–Kier alpha value is -3.81. The third kappa shape index (κ3) is 6.99. The normalized spacial score (nSPS) is 10.9. The average molecular weight is 589 g/mol. The highest BCUT2D eigenvalue weighted by Gasteiger charge is 2.27. The first kappa shape index (κ1) is 29.7. The Labute approximate surface area is 236 Å². The first-order valence-electron chi connectivity index (χ1n) is 11.8. The standard InChI is InChI=1S/C26H28N4O6S3/c1-5-30(6-2)24(32)21-16(3)20(25(33)36-4)23(38-21)28-26(37)27-18-12-14-19(15-13-18)39(34,35)29-22(31)17-10-8-7-9-11-17/h7-15H,5-6H2,1-4H3,(H,29,31)(H2,27,28,37). The molecule has 1 heterocycles. The van der Waals surface area contributed by atoms with Crippen molar-refractivity contribution in [3.63, 3.8) is 0 Å². The predicted molar refractivity (Wildman–Crippen MR) is 155 cm³/mol. The molecule has 0 aliphatic carbocycles. The molecule has 2 aromatic carbocycles.